The first kappa shape index (κ1) is 14.7. The van der Waals surface area contributed by atoms with Gasteiger partial charge in [-0.1, -0.05) is 25.4 Å². The molecule has 0 amide bonds. The molecule has 1 aromatic rings. The molecule has 96 valence electrons. The number of aromatic nitrogens is 2. The third kappa shape index (κ3) is 3.53. The van der Waals surface area contributed by atoms with Gasteiger partial charge in [0, 0.05) is 12.6 Å². The van der Waals surface area contributed by atoms with Gasteiger partial charge in [0.15, 0.2) is 0 Å². The SMILES string of the molecule is CCC(CC)N(CCO)c1ncnc(Cl)c1Br. The molecule has 0 atom stereocenters. The smallest absolute Gasteiger partial charge is 0.148 e. The lowest BCUT2D eigenvalue weighted by molar-refractivity contribution is 0.295. The maximum absolute atomic E-state index is 9.16. The molecule has 1 heterocycles. The summed E-state index contributed by atoms with van der Waals surface area (Å²) < 4.78 is 0.682. The van der Waals surface area contributed by atoms with Crippen molar-refractivity contribution in [3.8, 4) is 0 Å². The Labute approximate surface area is 115 Å². The van der Waals surface area contributed by atoms with Crippen LogP contribution in [0.5, 0.6) is 0 Å². The van der Waals surface area contributed by atoms with Crippen LogP contribution in [0.1, 0.15) is 26.7 Å². The molecule has 0 spiro atoms. The predicted octanol–water partition coefficient (Wildman–Crippen LogP) is 2.88. The quantitative estimate of drug-likeness (QED) is 0.818. The summed E-state index contributed by atoms with van der Waals surface area (Å²) in [6, 6.07) is 0.337. The molecule has 6 heteroatoms. The van der Waals surface area contributed by atoms with Gasteiger partial charge in [-0.05, 0) is 28.8 Å². The van der Waals surface area contributed by atoms with Gasteiger partial charge in [-0.25, -0.2) is 9.97 Å². The molecule has 0 unspecified atom stereocenters. The fourth-order valence-corrected chi connectivity index (χ4v) is 2.40. The van der Waals surface area contributed by atoms with Gasteiger partial charge < -0.3 is 10.0 Å². The molecule has 1 aromatic heterocycles. The van der Waals surface area contributed by atoms with Crippen LogP contribution in [0.3, 0.4) is 0 Å². The summed E-state index contributed by atoms with van der Waals surface area (Å²) in [6.07, 6.45) is 3.42. The second-order valence-corrected chi connectivity index (χ2v) is 4.84. The fraction of sp³-hybridized carbons (Fsp3) is 0.636. The molecule has 0 saturated carbocycles. The molecule has 1 rings (SSSR count). The number of anilines is 1. The molecule has 0 bridgehead atoms. The van der Waals surface area contributed by atoms with Crippen molar-refractivity contribution in [3.63, 3.8) is 0 Å². The Morgan fingerprint density at radius 1 is 1.41 bits per heavy atom. The highest BCUT2D eigenvalue weighted by Gasteiger charge is 2.20. The van der Waals surface area contributed by atoms with E-state index in [4.69, 9.17) is 16.7 Å². The van der Waals surface area contributed by atoms with E-state index in [0.717, 1.165) is 18.7 Å². The second-order valence-electron chi connectivity index (χ2n) is 3.69. The van der Waals surface area contributed by atoms with Crippen LogP contribution < -0.4 is 4.90 Å². The fourth-order valence-electron chi connectivity index (χ4n) is 1.84. The average molecular weight is 323 g/mol. The van der Waals surface area contributed by atoms with Crippen LogP contribution in [0.15, 0.2) is 10.8 Å². The standard InChI is InChI=1S/C11H17BrClN3O/c1-3-8(4-2)16(5-6-17)11-9(12)10(13)14-7-15-11/h7-8,17H,3-6H2,1-2H3. The Hall–Kier alpha value is -0.390. The first-order chi connectivity index (χ1) is 8.15. The number of halogens is 2. The van der Waals surface area contributed by atoms with Crippen LogP contribution in [0.25, 0.3) is 0 Å². The van der Waals surface area contributed by atoms with Crippen LogP contribution in [0, 0.1) is 0 Å². The Morgan fingerprint density at radius 2 is 2.06 bits per heavy atom. The summed E-state index contributed by atoms with van der Waals surface area (Å²) in [4.78, 5) is 10.2. The minimum absolute atomic E-state index is 0.0879. The van der Waals surface area contributed by atoms with E-state index in [9.17, 15) is 0 Å². The zero-order chi connectivity index (χ0) is 12.8. The summed E-state index contributed by atoms with van der Waals surface area (Å²) in [6.45, 7) is 4.87. The van der Waals surface area contributed by atoms with Crippen molar-refractivity contribution in [2.24, 2.45) is 0 Å². The van der Waals surface area contributed by atoms with E-state index in [-0.39, 0.29) is 6.61 Å². The zero-order valence-corrected chi connectivity index (χ0v) is 12.4. The molecule has 0 aromatic carbocycles. The number of nitrogens with zero attached hydrogens (tertiary/aromatic N) is 3. The molecule has 0 radical (unpaired) electrons. The molecule has 1 N–H and O–H groups in total. The van der Waals surface area contributed by atoms with Crippen molar-refractivity contribution in [2.45, 2.75) is 32.7 Å². The average Bonchev–Trinajstić information content (AvgIpc) is 2.33. The highest BCUT2D eigenvalue weighted by atomic mass is 79.9. The normalized spacial score (nSPS) is 10.9. The first-order valence-corrected chi connectivity index (χ1v) is 6.86. The van der Waals surface area contributed by atoms with Crippen molar-refractivity contribution < 1.29 is 5.11 Å². The largest absolute Gasteiger partial charge is 0.395 e. The Balaban J connectivity index is 3.08. The third-order valence-electron chi connectivity index (χ3n) is 2.72. The summed E-state index contributed by atoms with van der Waals surface area (Å²) in [5.41, 5.74) is 0. The molecule has 0 aliphatic carbocycles. The van der Waals surface area contributed by atoms with Crippen molar-refractivity contribution in [1.29, 1.82) is 0 Å². The highest BCUT2D eigenvalue weighted by molar-refractivity contribution is 9.10. The van der Waals surface area contributed by atoms with Gasteiger partial charge in [-0.15, -0.1) is 0 Å². The van der Waals surface area contributed by atoms with Gasteiger partial charge in [0.2, 0.25) is 0 Å². The molecule has 0 saturated heterocycles. The summed E-state index contributed by atoms with van der Waals surface area (Å²) in [5.74, 6) is 0.743. The van der Waals surface area contributed by atoms with Crippen LogP contribution >= 0.6 is 27.5 Å². The van der Waals surface area contributed by atoms with E-state index in [0.29, 0.717) is 22.2 Å². The predicted molar refractivity (Wildman–Crippen MR) is 73.5 cm³/mol. The first-order valence-electron chi connectivity index (χ1n) is 5.69. The lowest BCUT2D eigenvalue weighted by Gasteiger charge is -2.31. The van der Waals surface area contributed by atoms with E-state index in [1.165, 1.54) is 6.33 Å². The van der Waals surface area contributed by atoms with Crippen LogP contribution in [-0.4, -0.2) is 34.3 Å². The lowest BCUT2D eigenvalue weighted by atomic mass is 10.1. The zero-order valence-electron chi connectivity index (χ0n) is 10.0. The molecule has 0 aliphatic rings. The van der Waals surface area contributed by atoms with Crippen molar-refractivity contribution in [3.05, 3.63) is 16.0 Å². The minimum Gasteiger partial charge on any atom is -0.395 e. The topological polar surface area (TPSA) is 49.2 Å². The molecular formula is C11H17BrClN3O. The van der Waals surface area contributed by atoms with Crippen molar-refractivity contribution >= 4 is 33.3 Å². The van der Waals surface area contributed by atoms with Gasteiger partial charge in [0.05, 0.1) is 11.1 Å². The van der Waals surface area contributed by atoms with E-state index < -0.39 is 0 Å². The second kappa shape index (κ2) is 7.13. The number of hydrogen-bond acceptors (Lipinski definition) is 4. The number of aliphatic hydroxyl groups excluding tert-OH is 1. The Kier molecular flexibility index (Phi) is 6.16. The van der Waals surface area contributed by atoms with Gasteiger partial charge >= 0.3 is 0 Å². The van der Waals surface area contributed by atoms with Gasteiger partial charge in [-0.2, -0.15) is 0 Å². The van der Waals surface area contributed by atoms with E-state index in [1.54, 1.807) is 0 Å². The van der Waals surface area contributed by atoms with Gasteiger partial charge in [-0.3, -0.25) is 0 Å². The van der Waals surface area contributed by atoms with E-state index in [2.05, 4.69) is 44.6 Å². The van der Waals surface area contributed by atoms with Gasteiger partial charge in [0.1, 0.15) is 17.3 Å². The van der Waals surface area contributed by atoms with Crippen molar-refractivity contribution in [1.82, 2.24) is 9.97 Å². The number of hydrogen-bond donors (Lipinski definition) is 1. The van der Waals surface area contributed by atoms with Crippen molar-refractivity contribution in [2.75, 3.05) is 18.1 Å². The van der Waals surface area contributed by atoms with Gasteiger partial charge in [0.25, 0.3) is 0 Å². The number of rotatable bonds is 6. The summed E-state index contributed by atoms with van der Waals surface area (Å²) >= 11 is 9.36. The molecule has 0 fully saturated rings. The summed E-state index contributed by atoms with van der Waals surface area (Å²) in [5, 5.41) is 9.56. The monoisotopic (exact) mass is 321 g/mol. The third-order valence-corrected chi connectivity index (χ3v) is 3.97. The van der Waals surface area contributed by atoms with E-state index >= 15 is 0 Å². The number of aliphatic hydroxyl groups is 1. The maximum Gasteiger partial charge on any atom is 0.148 e. The minimum atomic E-state index is 0.0879. The highest BCUT2D eigenvalue weighted by Crippen LogP contribution is 2.31. The van der Waals surface area contributed by atoms with Crippen LogP contribution in [0.2, 0.25) is 5.15 Å². The molecule has 4 nitrogen and oxygen atoms in total. The lowest BCUT2D eigenvalue weighted by Crippen LogP contribution is -2.37. The molecular weight excluding hydrogens is 305 g/mol. The molecule has 0 aliphatic heterocycles. The Morgan fingerprint density at radius 3 is 2.59 bits per heavy atom. The molecule has 17 heavy (non-hydrogen) atoms. The van der Waals surface area contributed by atoms with E-state index in [1.807, 2.05) is 0 Å². The Bertz CT molecular complexity index is 361. The van der Waals surface area contributed by atoms with Crippen LogP contribution in [0.4, 0.5) is 5.82 Å². The maximum atomic E-state index is 9.16. The van der Waals surface area contributed by atoms with Crippen LogP contribution in [-0.2, 0) is 0 Å². The summed E-state index contributed by atoms with van der Waals surface area (Å²) in [7, 11) is 0.